The maximum atomic E-state index is 10.4. The molecule has 1 atom stereocenters. The smallest absolute Gasteiger partial charge is 0.122 e. The SMILES string of the molecule is Cc1cccc(OCC(O)CN2C(C)(C)CCC2(C)C)c1C. The van der Waals surface area contributed by atoms with Gasteiger partial charge in [-0.2, -0.15) is 0 Å². The van der Waals surface area contributed by atoms with E-state index in [1.54, 1.807) is 0 Å². The van der Waals surface area contributed by atoms with Gasteiger partial charge in [0.2, 0.25) is 0 Å². The van der Waals surface area contributed by atoms with E-state index in [1.807, 2.05) is 12.1 Å². The predicted molar refractivity (Wildman–Crippen MR) is 91.5 cm³/mol. The molecule has 0 aliphatic carbocycles. The molecule has 1 fully saturated rings. The van der Waals surface area contributed by atoms with Gasteiger partial charge in [-0.15, -0.1) is 0 Å². The number of likely N-dealkylation sites (tertiary alicyclic amines) is 1. The van der Waals surface area contributed by atoms with Crippen molar-refractivity contribution in [3.63, 3.8) is 0 Å². The van der Waals surface area contributed by atoms with Crippen LogP contribution in [-0.2, 0) is 0 Å². The highest BCUT2D eigenvalue weighted by Crippen LogP contribution is 2.40. The zero-order valence-electron chi connectivity index (χ0n) is 14.9. The predicted octanol–water partition coefficient (Wildman–Crippen LogP) is 3.70. The van der Waals surface area contributed by atoms with Gasteiger partial charge in [-0.3, -0.25) is 4.90 Å². The number of benzene rings is 1. The largest absolute Gasteiger partial charge is 0.491 e. The molecule has 22 heavy (non-hydrogen) atoms. The molecule has 0 saturated carbocycles. The van der Waals surface area contributed by atoms with E-state index in [0.717, 1.165) is 11.3 Å². The Labute approximate surface area is 135 Å². The second-order valence-electron chi connectivity index (χ2n) is 7.90. The van der Waals surface area contributed by atoms with Crippen molar-refractivity contribution in [2.45, 2.75) is 71.6 Å². The van der Waals surface area contributed by atoms with Gasteiger partial charge in [0, 0.05) is 17.6 Å². The minimum absolute atomic E-state index is 0.143. The monoisotopic (exact) mass is 305 g/mol. The zero-order valence-corrected chi connectivity index (χ0v) is 14.9. The van der Waals surface area contributed by atoms with Crippen LogP contribution in [0.25, 0.3) is 0 Å². The van der Waals surface area contributed by atoms with Gasteiger partial charge in [0.05, 0.1) is 0 Å². The molecule has 2 rings (SSSR count). The highest BCUT2D eigenvalue weighted by atomic mass is 16.5. The van der Waals surface area contributed by atoms with Gasteiger partial charge >= 0.3 is 0 Å². The molecule has 3 nitrogen and oxygen atoms in total. The molecule has 1 unspecified atom stereocenters. The van der Waals surface area contributed by atoms with Crippen molar-refractivity contribution in [2.75, 3.05) is 13.2 Å². The summed E-state index contributed by atoms with van der Waals surface area (Å²) < 4.78 is 5.85. The Kier molecular flexibility index (Phi) is 4.88. The number of rotatable bonds is 5. The summed E-state index contributed by atoms with van der Waals surface area (Å²) >= 11 is 0. The van der Waals surface area contributed by atoms with Crippen molar-refractivity contribution in [3.8, 4) is 5.75 Å². The Morgan fingerprint density at radius 3 is 2.32 bits per heavy atom. The molecule has 0 amide bonds. The lowest BCUT2D eigenvalue weighted by molar-refractivity contribution is 0.00521. The third-order valence-corrected chi connectivity index (χ3v) is 5.19. The van der Waals surface area contributed by atoms with Crippen LogP contribution in [0.15, 0.2) is 18.2 Å². The molecule has 1 N–H and O–H groups in total. The lowest BCUT2D eigenvalue weighted by atomic mass is 10.0. The molecular formula is C19H31NO2. The first kappa shape index (κ1) is 17.3. The van der Waals surface area contributed by atoms with Gasteiger partial charge < -0.3 is 9.84 Å². The summed E-state index contributed by atoms with van der Waals surface area (Å²) in [5.41, 5.74) is 2.65. The van der Waals surface area contributed by atoms with Crippen LogP contribution in [0.4, 0.5) is 0 Å². The molecule has 0 bridgehead atoms. The fraction of sp³-hybridized carbons (Fsp3) is 0.684. The quantitative estimate of drug-likeness (QED) is 0.900. The van der Waals surface area contributed by atoms with Crippen LogP contribution in [0.3, 0.4) is 0 Å². The van der Waals surface area contributed by atoms with Gasteiger partial charge in [-0.25, -0.2) is 0 Å². The summed E-state index contributed by atoms with van der Waals surface area (Å²) in [6.45, 7) is 14.2. The van der Waals surface area contributed by atoms with Crippen LogP contribution in [-0.4, -0.2) is 40.3 Å². The summed E-state index contributed by atoms with van der Waals surface area (Å²) in [7, 11) is 0. The number of aryl methyl sites for hydroxylation is 1. The van der Waals surface area contributed by atoms with E-state index in [-0.39, 0.29) is 11.1 Å². The van der Waals surface area contributed by atoms with Crippen molar-refractivity contribution in [1.29, 1.82) is 0 Å². The molecule has 1 aliphatic rings. The molecule has 0 radical (unpaired) electrons. The number of hydrogen-bond donors (Lipinski definition) is 1. The second-order valence-corrected chi connectivity index (χ2v) is 7.90. The fourth-order valence-electron chi connectivity index (χ4n) is 3.53. The van der Waals surface area contributed by atoms with Gasteiger partial charge in [0.15, 0.2) is 0 Å². The number of aliphatic hydroxyl groups is 1. The number of β-amino-alcohol motifs (C(OH)–C–C–N with tert-alkyl or cyclic N) is 1. The van der Waals surface area contributed by atoms with Crippen LogP contribution >= 0.6 is 0 Å². The van der Waals surface area contributed by atoms with Crippen molar-refractivity contribution >= 4 is 0 Å². The van der Waals surface area contributed by atoms with E-state index < -0.39 is 6.10 Å². The van der Waals surface area contributed by atoms with Gasteiger partial charge in [-0.05, 0) is 71.6 Å². The molecule has 3 heteroatoms. The van der Waals surface area contributed by atoms with Crippen LogP contribution in [0, 0.1) is 13.8 Å². The molecule has 124 valence electrons. The first-order chi connectivity index (χ1) is 10.1. The maximum Gasteiger partial charge on any atom is 0.122 e. The Bertz CT molecular complexity index is 506. The van der Waals surface area contributed by atoms with Crippen LogP contribution in [0.1, 0.15) is 51.7 Å². The van der Waals surface area contributed by atoms with Crippen LogP contribution < -0.4 is 4.74 Å². The minimum atomic E-state index is -0.475. The minimum Gasteiger partial charge on any atom is -0.491 e. The normalized spacial score (nSPS) is 21.8. The number of nitrogens with zero attached hydrogens (tertiary/aromatic N) is 1. The number of ether oxygens (including phenoxy) is 1. The van der Waals surface area contributed by atoms with E-state index in [0.29, 0.717) is 13.2 Å². The Hall–Kier alpha value is -1.06. The van der Waals surface area contributed by atoms with Crippen molar-refractivity contribution < 1.29 is 9.84 Å². The number of hydrogen-bond acceptors (Lipinski definition) is 3. The molecule has 1 aromatic carbocycles. The zero-order chi connectivity index (χ0) is 16.5. The van der Waals surface area contributed by atoms with Crippen molar-refractivity contribution in [2.24, 2.45) is 0 Å². The van der Waals surface area contributed by atoms with Crippen molar-refractivity contribution in [1.82, 2.24) is 4.90 Å². The van der Waals surface area contributed by atoms with E-state index in [2.05, 4.69) is 52.5 Å². The highest BCUT2D eigenvalue weighted by Gasteiger charge is 2.44. The lowest BCUT2D eigenvalue weighted by Crippen LogP contribution is -2.52. The topological polar surface area (TPSA) is 32.7 Å². The molecule has 1 saturated heterocycles. The molecular weight excluding hydrogens is 274 g/mol. The summed E-state index contributed by atoms with van der Waals surface area (Å²) in [5.74, 6) is 0.874. The maximum absolute atomic E-state index is 10.4. The Morgan fingerprint density at radius 2 is 1.73 bits per heavy atom. The van der Waals surface area contributed by atoms with Gasteiger partial charge in [0.25, 0.3) is 0 Å². The summed E-state index contributed by atoms with van der Waals surface area (Å²) in [6, 6.07) is 6.05. The molecule has 1 heterocycles. The Balaban J connectivity index is 1.96. The van der Waals surface area contributed by atoms with E-state index in [9.17, 15) is 5.11 Å². The first-order valence-electron chi connectivity index (χ1n) is 8.28. The third-order valence-electron chi connectivity index (χ3n) is 5.19. The molecule has 0 aromatic heterocycles. The second kappa shape index (κ2) is 6.21. The molecule has 0 spiro atoms. The van der Waals surface area contributed by atoms with E-state index >= 15 is 0 Å². The lowest BCUT2D eigenvalue weighted by Gasteiger charge is -2.41. The van der Waals surface area contributed by atoms with Crippen LogP contribution in [0.2, 0.25) is 0 Å². The van der Waals surface area contributed by atoms with Crippen molar-refractivity contribution in [3.05, 3.63) is 29.3 Å². The average molecular weight is 305 g/mol. The highest BCUT2D eigenvalue weighted by molar-refractivity contribution is 5.38. The van der Waals surface area contributed by atoms with E-state index in [1.165, 1.54) is 18.4 Å². The summed E-state index contributed by atoms with van der Waals surface area (Å²) in [6.07, 6.45) is 1.87. The first-order valence-corrected chi connectivity index (χ1v) is 8.28. The fourth-order valence-corrected chi connectivity index (χ4v) is 3.53. The van der Waals surface area contributed by atoms with E-state index in [4.69, 9.17) is 4.74 Å². The summed E-state index contributed by atoms with van der Waals surface area (Å²) in [4.78, 5) is 2.43. The average Bonchev–Trinajstić information content (AvgIpc) is 2.63. The molecule has 1 aliphatic heterocycles. The Morgan fingerprint density at radius 1 is 1.14 bits per heavy atom. The van der Waals surface area contributed by atoms with Gasteiger partial charge in [0.1, 0.15) is 18.5 Å². The summed E-state index contributed by atoms with van der Waals surface area (Å²) in [5, 5.41) is 10.4. The standard InChI is InChI=1S/C19H31NO2/c1-14-8-7-9-17(15(14)2)22-13-16(21)12-20-18(3,4)10-11-19(20,5)6/h7-9,16,21H,10-13H2,1-6H3. The third kappa shape index (κ3) is 3.64. The number of aliphatic hydroxyl groups excluding tert-OH is 1. The van der Waals surface area contributed by atoms with Gasteiger partial charge in [-0.1, -0.05) is 12.1 Å². The van der Waals surface area contributed by atoms with Crippen LogP contribution in [0.5, 0.6) is 5.75 Å². The molecule has 1 aromatic rings.